The molecule has 1 aliphatic rings. The summed E-state index contributed by atoms with van der Waals surface area (Å²) in [6.07, 6.45) is 2.25. The second kappa shape index (κ2) is 4.67. The van der Waals surface area contributed by atoms with E-state index in [0.717, 1.165) is 31.7 Å². The van der Waals surface area contributed by atoms with Gasteiger partial charge >= 0.3 is 0 Å². The lowest BCUT2D eigenvalue weighted by atomic mass is 10.0. The number of fused-ring (bicyclic) bond motifs is 1. The minimum atomic E-state index is 0.494. The van der Waals surface area contributed by atoms with Crippen molar-refractivity contribution in [3.05, 3.63) is 29.3 Å². The maximum absolute atomic E-state index is 5.56. The molecule has 14 heavy (non-hydrogen) atoms. The van der Waals surface area contributed by atoms with E-state index in [4.69, 9.17) is 16.3 Å². The van der Waals surface area contributed by atoms with Crippen LogP contribution >= 0.6 is 11.6 Å². The highest BCUT2D eigenvalue weighted by Gasteiger charge is 2.09. The van der Waals surface area contributed by atoms with Crippen molar-refractivity contribution in [2.24, 2.45) is 0 Å². The predicted octanol–water partition coefficient (Wildman–Crippen LogP) is 2.30. The monoisotopic (exact) mass is 211 g/mol. The van der Waals surface area contributed by atoms with Crippen LogP contribution in [-0.4, -0.2) is 12.6 Å². The Morgan fingerprint density at radius 3 is 3.21 bits per heavy atom. The maximum Gasteiger partial charge on any atom is 0.122 e. The first-order chi connectivity index (χ1) is 6.90. The molecule has 1 aromatic rings. The number of rotatable bonds is 3. The Bertz CT molecular complexity index is 314. The lowest BCUT2D eigenvalue weighted by Crippen LogP contribution is -2.12. The summed E-state index contributed by atoms with van der Waals surface area (Å²) in [5.74, 6) is 1.05. The fourth-order valence-electron chi connectivity index (χ4n) is 1.72. The van der Waals surface area contributed by atoms with E-state index in [9.17, 15) is 0 Å². The van der Waals surface area contributed by atoms with E-state index in [0.29, 0.717) is 6.00 Å². The van der Waals surface area contributed by atoms with E-state index in [1.54, 1.807) is 0 Å². The number of nitrogens with one attached hydrogen (secondary N) is 1. The zero-order chi connectivity index (χ0) is 9.80. The number of hydrogen-bond donors (Lipinski definition) is 1. The molecule has 1 aromatic carbocycles. The summed E-state index contributed by atoms with van der Waals surface area (Å²) in [4.78, 5) is 0. The smallest absolute Gasteiger partial charge is 0.122 e. The van der Waals surface area contributed by atoms with Crippen LogP contribution in [0.1, 0.15) is 17.5 Å². The molecule has 0 atom stereocenters. The van der Waals surface area contributed by atoms with Gasteiger partial charge < -0.3 is 4.74 Å². The average Bonchev–Trinajstić information content (AvgIpc) is 2.26. The molecular formula is C11H14ClNO. The van der Waals surface area contributed by atoms with Crippen molar-refractivity contribution in [2.75, 3.05) is 12.6 Å². The molecule has 0 bridgehead atoms. The Morgan fingerprint density at radius 2 is 2.36 bits per heavy atom. The minimum Gasteiger partial charge on any atom is -0.493 e. The maximum atomic E-state index is 5.56. The van der Waals surface area contributed by atoms with E-state index >= 15 is 0 Å². The molecule has 0 saturated carbocycles. The zero-order valence-corrected chi connectivity index (χ0v) is 8.81. The van der Waals surface area contributed by atoms with Crippen molar-refractivity contribution in [1.29, 1.82) is 0 Å². The molecule has 0 spiro atoms. The van der Waals surface area contributed by atoms with Gasteiger partial charge in [0.05, 0.1) is 12.6 Å². The highest BCUT2D eigenvalue weighted by molar-refractivity contribution is 6.17. The summed E-state index contributed by atoms with van der Waals surface area (Å²) in [5.41, 5.74) is 2.60. The first-order valence-corrected chi connectivity index (χ1v) is 5.45. The van der Waals surface area contributed by atoms with Crippen molar-refractivity contribution < 1.29 is 4.74 Å². The Morgan fingerprint density at radius 1 is 1.43 bits per heavy atom. The van der Waals surface area contributed by atoms with Gasteiger partial charge in [0.25, 0.3) is 0 Å². The van der Waals surface area contributed by atoms with Gasteiger partial charge in [0.2, 0.25) is 0 Å². The normalized spacial score (nSPS) is 14.6. The van der Waals surface area contributed by atoms with Crippen LogP contribution in [0, 0.1) is 0 Å². The van der Waals surface area contributed by atoms with Crippen molar-refractivity contribution in [3.63, 3.8) is 0 Å². The summed E-state index contributed by atoms with van der Waals surface area (Å²) < 4.78 is 5.54. The van der Waals surface area contributed by atoms with Crippen LogP contribution < -0.4 is 10.1 Å². The molecule has 0 radical (unpaired) electrons. The van der Waals surface area contributed by atoms with Crippen molar-refractivity contribution in [2.45, 2.75) is 19.4 Å². The molecule has 0 fully saturated rings. The van der Waals surface area contributed by atoms with Gasteiger partial charge in [0.1, 0.15) is 5.75 Å². The van der Waals surface area contributed by atoms with Crippen LogP contribution in [0.4, 0.5) is 0 Å². The molecule has 0 saturated heterocycles. The number of alkyl halides is 1. The number of halogens is 1. The third kappa shape index (κ3) is 2.20. The minimum absolute atomic E-state index is 0.494. The number of hydrogen-bond acceptors (Lipinski definition) is 2. The Kier molecular flexibility index (Phi) is 3.27. The quantitative estimate of drug-likeness (QED) is 0.612. The topological polar surface area (TPSA) is 21.3 Å². The van der Waals surface area contributed by atoms with E-state index in [-0.39, 0.29) is 0 Å². The van der Waals surface area contributed by atoms with E-state index in [1.165, 1.54) is 11.1 Å². The number of aryl methyl sites for hydroxylation is 1. The molecule has 2 nitrogen and oxygen atoms in total. The van der Waals surface area contributed by atoms with Crippen LogP contribution in [0.3, 0.4) is 0 Å². The summed E-state index contributed by atoms with van der Waals surface area (Å²) in [7, 11) is 0. The van der Waals surface area contributed by atoms with Crippen LogP contribution in [0.5, 0.6) is 5.75 Å². The molecule has 1 N–H and O–H groups in total. The molecule has 0 amide bonds. The molecular weight excluding hydrogens is 198 g/mol. The predicted molar refractivity (Wildman–Crippen MR) is 57.8 cm³/mol. The van der Waals surface area contributed by atoms with Crippen molar-refractivity contribution in [3.8, 4) is 5.75 Å². The molecule has 3 heteroatoms. The van der Waals surface area contributed by atoms with Gasteiger partial charge in [-0.15, -0.1) is 11.6 Å². The Balaban J connectivity index is 2.12. The highest BCUT2D eigenvalue weighted by Crippen LogP contribution is 2.25. The lowest BCUT2D eigenvalue weighted by Gasteiger charge is -2.17. The fourth-order valence-corrected chi connectivity index (χ4v) is 1.81. The Labute approximate surface area is 89.2 Å². The fraction of sp³-hybridized carbons (Fsp3) is 0.455. The third-order valence-corrected chi connectivity index (χ3v) is 2.59. The molecule has 76 valence electrons. The third-order valence-electron chi connectivity index (χ3n) is 2.40. The first kappa shape index (κ1) is 9.81. The second-order valence-corrected chi connectivity index (χ2v) is 3.72. The van der Waals surface area contributed by atoms with Gasteiger partial charge in [-0.25, -0.2) is 0 Å². The molecule has 1 aliphatic heterocycles. The van der Waals surface area contributed by atoms with Gasteiger partial charge in [-0.2, -0.15) is 0 Å². The van der Waals surface area contributed by atoms with Gasteiger partial charge in [-0.1, -0.05) is 12.1 Å². The van der Waals surface area contributed by atoms with Crippen LogP contribution in [0.2, 0.25) is 0 Å². The number of benzene rings is 1. The lowest BCUT2D eigenvalue weighted by molar-refractivity contribution is 0.288. The van der Waals surface area contributed by atoms with Crippen molar-refractivity contribution >= 4 is 11.6 Å². The number of ether oxygens (including phenoxy) is 1. The van der Waals surface area contributed by atoms with Gasteiger partial charge in [0, 0.05) is 6.54 Å². The van der Waals surface area contributed by atoms with Gasteiger partial charge in [-0.05, 0) is 30.0 Å². The zero-order valence-electron chi connectivity index (χ0n) is 8.05. The van der Waals surface area contributed by atoms with Crippen LogP contribution in [0.15, 0.2) is 18.2 Å². The summed E-state index contributed by atoms with van der Waals surface area (Å²) in [5, 5.41) is 3.10. The molecule has 0 aliphatic carbocycles. The standard InChI is InChI=1S/C11H14ClNO/c12-8-13-7-9-3-4-11-10(6-9)2-1-5-14-11/h3-4,6,13H,1-2,5,7-8H2. The van der Waals surface area contributed by atoms with E-state index in [1.807, 2.05) is 0 Å². The van der Waals surface area contributed by atoms with Gasteiger partial charge in [0.15, 0.2) is 0 Å². The molecule has 0 aromatic heterocycles. The molecule has 1 heterocycles. The summed E-state index contributed by atoms with van der Waals surface area (Å²) in [6, 6.07) is 6.84. The Hall–Kier alpha value is -0.730. The summed E-state index contributed by atoms with van der Waals surface area (Å²) in [6.45, 7) is 1.68. The van der Waals surface area contributed by atoms with Gasteiger partial charge in [-0.3, -0.25) is 5.32 Å². The first-order valence-electron chi connectivity index (χ1n) is 4.91. The molecule has 2 rings (SSSR count). The van der Waals surface area contributed by atoms with E-state index in [2.05, 4.69) is 23.5 Å². The molecule has 0 unspecified atom stereocenters. The summed E-state index contributed by atoms with van der Waals surface area (Å²) >= 11 is 5.56. The largest absolute Gasteiger partial charge is 0.493 e. The highest BCUT2D eigenvalue weighted by atomic mass is 35.5. The van der Waals surface area contributed by atoms with E-state index < -0.39 is 0 Å². The average molecular weight is 212 g/mol. The van der Waals surface area contributed by atoms with Crippen molar-refractivity contribution in [1.82, 2.24) is 5.32 Å². The van der Waals surface area contributed by atoms with Crippen LogP contribution in [-0.2, 0) is 13.0 Å². The second-order valence-electron chi connectivity index (χ2n) is 3.45. The van der Waals surface area contributed by atoms with Crippen LogP contribution in [0.25, 0.3) is 0 Å². The SMILES string of the molecule is ClCNCc1ccc2c(c1)CCCO2.